The first-order valence-electron chi connectivity index (χ1n) is 5.09. The lowest BCUT2D eigenvalue weighted by molar-refractivity contribution is -0.113. The highest BCUT2D eigenvalue weighted by molar-refractivity contribution is 8.01. The van der Waals surface area contributed by atoms with Gasteiger partial charge < -0.3 is 11.1 Å². The van der Waals surface area contributed by atoms with Crippen molar-refractivity contribution in [1.82, 2.24) is 20.4 Å². The van der Waals surface area contributed by atoms with E-state index in [9.17, 15) is 4.79 Å². The molecule has 96 valence electrons. The Morgan fingerprint density at radius 1 is 1.50 bits per heavy atom. The number of aryl methyl sites for hydroxylation is 2. The maximum atomic E-state index is 11.7. The van der Waals surface area contributed by atoms with Crippen LogP contribution in [0.3, 0.4) is 0 Å². The third kappa shape index (κ3) is 2.99. The Labute approximate surface area is 112 Å². The van der Waals surface area contributed by atoms with Crippen LogP contribution in [0.2, 0.25) is 0 Å². The van der Waals surface area contributed by atoms with Gasteiger partial charge in [-0.15, -0.1) is 10.2 Å². The van der Waals surface area contributed by atoms with E-state index in [1.165, 1.54) is 23.1 Å². The lowest BCUT2D eigenvalue weighted by Crippen LogP contribution is -2.14. The van der Waals surface area contributed by atoms with E-state index in [0.29, 0.717) is 9.47 Å². The Kier molecular flexibility index (Phi) is 3.82. The second kappa shape index (κ2) is 5.36. The maximum absolute atomic E-state index is 11.7. The largest absolute Gasteiger partial charge is 0.374 e. The van der Waals surface area contributed by atoms with Gasteiger partial charge in [-0.25, -0.2) is 0 Å². The number of amides is 1. The van der Waals surface area contributed by atoms with Crippen molar-refractivity contribution in [3.63, 3.8) is 0 Å². The molecule has 7 nitrogen and oxygen atoms in total. The zero-order valence-electron chi connectivity index (χ0n) is 9.85. The number of hydrogen-bond donors (Lipinski definition) is 3. The molecule has 0 aliphatic heterocycles. The summed E-state index contributed by atoms with van der Waals surface area (Å²) >= 11 is 2.57. The second-order valence-electron chi connectivity index (χ2n) is 3.55. The number of hydrogen-bond acceptors (Lipinski definition) is 7. The van der Waals surface area contributed by atoms with Crippen LogP contribution < -0.4 is 11.1 Å². The minimum absolute atomic E-state index is 0.110. The van der Waals surface area contributed by atoms with Crippen molar-refractivity contribution >= 4 is 39.8 Å². The van der Waals surface area contributed by atoms with Crippen LogP contribution in [-0.2, 0) is 4.79 Å². The molecule has 0 unspecified atom stereocenters. The van der Waals surface area contributed by atoms with Crippen molar-refractivity contribution in [2.24, 2.45) is 0 Å². The van der Waals surface area contributed by atoms with Crippen molar-refractivity contribution in [2.75, 3.05) is 16.8 Å². The Hall–Kier alpha value is -1.61. The summed E-state index contributed by atoms with van der Waals surface area (Å²) in [5.74, 6) is 0.153. The molecule has 2 heterocycles. The minimum atomic E-state index is -0.110. The molecule has 0 fully saturated rings. The number of nitrogens with zero attached hydrogens (tertiary/aromatic N) is 3. The van der Waals surface area contributed by atoms with Crippen LogP contribution in [0, 0.1) is 13.8 Å². The number of rotatable bonds is 4. The molecule has 4 N–H and O–H groups in total. The van der Waals surface area contributed by atoms with E-state index in [4.69, 9.17) is 5.73 Å². The summed E-state index contributed by atoms with van der Waals surface area (Å²) in [4.78, 5) is 11.7. The molecule has 0 aliphatic rings. The summed E-state index contributed by atoms with van der Waals surface area (Å²) in [5.41, 5.74) is 7.80. The molecule has 1 amide bonds. The summed E-state index contributed by atoms with van der Waals surface area (Å²) in [6.45, 7) is 3.69. The predicted molar refractivity (Wildman–Crippen MR) is 71.7 cm³/mol. The molecular weight excluding hydrogens is 272 g/mol. The van der Waals surface area contributed by atoms with E-state index in [2.05, 4.69) is 25.7 Å². The first-order chi connectivity index (χ1) is 8.56. The highest BCUT2D eigenvalue weighted by Gasteiger charge is 2.11. The molecule has 0 aliphatic carbocycles. The van der Waals surface area contributed by atoms with Crippen LogP contribution >= 0.6 is 23.1 Å². The van der Waals surface area contributed by atoms with E-state index in [1.807, 2.05) is 13.8 Å². The van der Waals surface area contributed by atoms with Crippen LogP contribution in [0.15, 0.2) is 4.34 Å². The Morgan fingerprint density at radius 3 is 2.83 bits per heavy atom. The van der Waals surface area contributed by atoms with Gasteiger partial charge in [0.25, 0.3) is 0 Å². The predicted octanol–water partition coefficient (Wildman–Crippen LogP) is 1.19. The highest BCUT2D eigenvalue weighted by atomic mass is 32.2. The highest BCUT2D eigenvalue weighted by Crippen LogP contribution is 2.24. The molecule has 0 spiro atoms. The zero-order valence-corrected chi connectivity index (χ0v) is 11.5. The van der Waals surface area contributed by atoms with Gasteiger partial charge in [-0.3, -0.25) is 9.89 Å². The maximum Gasteiger partial charge on any atom is 0.234 e. The molecule has 2 rings (SSSR count). The topological polar surface area (TPSA) is 110 Å². The molecule has 0 bridgehead atoms. The molecule has 0 atom stereocenters. The van der Waals surface area contributed by atoms with Gasteiger partial charge in [0, 0.05) is 0 Å². The summed E-state index contributed by atoms with van der Waals surface area (Å²) in [6, 6.07) is 0. The molecule has 0 aromatic carbocycles. The van der Waals surface area contributed by atoms with Crippen LogP contribution in [0.1, 0.15) is 11.4 Å². The normalized spacial score (nSPS) is 10.6. The molecule has 9 heteroatoms. The van der Waals surface area contributed by atoms with E-state index < -0.39 is 0 Å². The third-order valence-electron chi connectivity index (χ3n) is 2.14. The van der Waals surface area contributed by atoms with Gasteiger partial charge in [-0.1, -0.05) is 23.1 Å². The third-order valence-corrected chi connectivity index (χ3v) is 4.03. The number of H-pyrrole nitrogens is 1. The fourth-order valence-corrected chi connectivity index (χ4v) is 2.75. The minimum Gasteiger partial charge on any atom is -0.374 e. The van der Waals surface area contributed by atoms with E-state index >= 15 is 0 Å². The average Bonchev–Trinajstić information content (AvgIpc) is 2.87. The lowest BCUT2D eigenvalue weighted by Gasteiger charge is -2.03. The standard InChI is InChI=1S/C9H12N6OS2/c1-4-7(5(2)13-12-4)11-6(16)3-17-9-15-14-8(10)18-9/h3H2,1-2H3,(H2,10,14)(H,11,16)(H,12,13). The summed E-state index contributed by atoms with van der Waals surface area (Å²) in [7, 11) is 0. The Bertz CT molecular complexity index is 544. The number of aromatic nitrogens is 4. The van der Waals surface area contributed by atoms with Gasteiger partial charge in [-0.05, 0) is 13.8 Å². The molecule has 18 heavy (non-hydrogen) atoms. The number of carbonyl (C=O) groups excluding carboxylic acids is 1. The van der Waals surface area contributed by atoms with Crippen molar-refractivity contribution < 1.29 is 4.79 Å². The average molecular weight is 284 g/mol. The van der Waals surface area contributed by atoms with E-state index in [0.717, 1.165) is 17.1 Å². The van der Waals surface area contributed by atoms with E-state index in [1.54, 1.807) is 0 Å². The van der Waals surface area contributed by atoms with Gasteiger partial charge in [0.15, 0.2) is 4.34 Å². The molecule has 2 aromatic rings. The monoisotopic (exact) mass is 284 g/mol. The van der Waals surface area contributed by atoms with Crippen LogP contribution in [0.4, 0.5) is 10.8 Å². The smallest absolute Gasteiger partial charge is 0.234 e. The SMILES string of the molecule is Cc1n[nH]c(C)c1NC(=O)CSc1nnc(N)s1. The second-order valence-corrected chi connectivity index (χ2v) is 5.78. The van der Waals surface area contributed by atoms with Crippen molar-refractivity contribution in [3.8, 4) is 0 Å². The van der Waals surface area contributed by atoms with Gasteiger partial charge in [0.05, 0.1) is 22.8 Å². The number of nitrogens with one attached hydrogen (secondary N) is 2. The number of anilines is 2. The first-order valence-corrected chi connectivity index (χ1v) is 6.89. The van der Waals surface area contributed by atoms with Crippen LogP contribution in [-0.4, -0.2) is 32.1 Å². The van der Waals surface area contributed by atoms with Crippen LogP contribution in [0.5, 0.6) is 0 Å². The molecule has 0 saturated heterocycles. The number of nitrogen functional groups attached to an aromatic ring is 1. The number of thioether (sulfide) groups is 1. The fraction of sp³-hybridized carbons (Fsp3) is 0.333. The Balaban J connectivity index is 1.89. The van der Waals surface area contributed by atoms with Gasteiger partial charge in [0.2, 0.25) is 11.0 Å². The quantitative estimate of drug-likeness (QED) is 0.727. The summed E-state index contributed by atoms with van der Waals surface area (Å²) in [5, 5.41) is 17.5. The molecular formula is C9H12N6OS2. The fourth-order valence-electron chi connectivity index (χ4n) is 1.32. The van der Waals surface area contributed by atoms with Crippen molar-refractivity contribution in [1.29, 1.82) is 0 Å². The van der Waals surface area contributed by atoms with Gasteiger partial charge in [0.1, 0.15) is 0 Å². The molecule has 0 radical (unpaired) electrons. The lowest BCUT2D eigenvalue weighted by atomic mass is 10.3. The number of aromatic amines is 1. The molecule has 2 aromatic heterocycles. The van der Waals surface area contributed by atoms with Gasteiger partial charge in [-0.2, -0.15) is 5.10 Å². The van der Waals surface area contributed by atoms with Crippen molar-refractivity contribution in [3.05, 3.63) is 11.4 Å². The van der Waals surface area contributed by atoms with E-state index in [-0.39, 0.29) is 11.7 Å². The number of nitrogens with two attached hydrogens (primary N) is 1. The molecule has 0 saturated carbocycles. The number of carbonyl (C=O) groups is 1. The van der Waals surface area contributed by atoms with Crippen molar-refractivity contribution in [2.45, 2.75) is 18.2 Å². The summed E-state index contributed by atoms with van der Waals surface area (Å²) < 4.78 is 0.684. The first kappa shape index (κ1) is 12.8. The summed E-state index contributed by atoms with van der Waals surface area (Å²) in [6.07, 6.45) is 0. The van der Waals surface area contributed by atoms with Gasteiger partial charge >= 0.3 is 0 Å². The van der Waals surface area contributed by atoms with Crippen LogP contribution in [0.25, 0.3) is 0 Å². The Morgan fingerprint density at radius 2 is 2.28 bits per heavy atom. The zero-order chi connectivity index (χ0) is 13.1.